The third-order valence-corrected chi connectivity index (χ3v) is 6.74. The summed E-state index contributed by atoms with van der Waals surface area (Å²) < 4.78 is 0. The summed E-state index contributed by atoms with van der Waals surface area (Å²) >= 11 is 0. The van der Waals surface area contributed by atoms with Gasteiger partial charge in [0.25, 0.3) is 0 Å². The summed E-state index contributed by atoms with van der Waals surface area (Å²) in [5.41, 5.74) is 6.30. The average Bonchev–Trinajstić information content (AvgIpc) is 2.98. The topological polar surface area (TPSA) is 58.0 Å². The highest BCUT2D eigenvalue weighted by molar-refractivity contribution is 5.73. The number of anilines is 2. The Labute approximate surface area is 217 Å². The molecule has 1 fully saturated rings. The smallest absolute Gasteiger partial charge is 0.162 e. The quantitative estimate of drug-likeness (QED) is 0.309. The lowest BCUT2D eigenvalue weighted by atomic mass is 10.0. The van der Waals surface area contributed by atoms with E-state index in [2.05, 4.69) is 81.3 Å². The molecular weight excluding hydrogens is 456 g/mol. The number of pyridine rings is 2. The molecule has 6 rings (SSSR count). The molecule has 6 nitrogen and oxygen atoms in total. The van der Waals surface area contributed by atoms with Crippen LogP contribution in [0.25, 0.3) is 33.8 Å². The highest BCUT2D eigenvalue weighted by atomic mass is 15.3. The van der Waals surface area contributed by atoms with Gasteiger partial charge in [-0.25, -0.2) is 15.0 Å². The van der Waals surface area contributed by atoms with E-state index in [4.69, 9.17) is 9.97 Å². The van der Waals surface area contributed by atoms with Crippen LogP contribution >= 0.6 is 0 Å². The van der Waals surface area contributed by atoms with Gasteiger partial charge >= 0.3 is 0 Å². The molecule has 2 aromatic carbocycles. The molecule has 0 saturated carbocycles. The van der Waals surface area contributed by atoms with E-state index in [0.29, 0.717) is 0 Å². The van der Waals surface area contributed by atoms with Crippen LogP contribution in [0.15, 0.2) is 104 Å². The first-order valence-corrected chi connectivity index (χ1v) is 12.6. The van der Waals surface area contributed by atoms with Crippen LogP contribution in [0.5, 0.6) is 0 Å². The van der Waals surface area contributed by atoms with Crippen LogP contribution in [-0.4, -0.2) is 46.1 Å². The molecule has 0 bridgehead atoms. The van der Waals surface area contributed by atoms with E-state index in [1.807, 2.05) is 48.9 Å². The van der Waals surface area contributed by atoms with Crippen LogP contribution in [0.4, 0.5) is 11.6 Å². The molecule has 0 amide bonds. The Morgan fingerprint density at radius 3 is 2.03 bits per heavy atom. The predicted octanol–water partition coefficient (Wildman–Crippen LogP) is 5.90. The largest absolute Gasteiger partial charge is 0.353 e. The van der Waals surface area contributed by atoms with Gasteiger partial charge in [0.15, 0.2) is 5.82 Å². The minimum atomic E-state index is 0.723. The number of benzene rings is 2. The molecule has 5 aromatic rings. The predicted molar refractivity (Wildman–Crippen MR) is 150 cm³/mol. The molecular formula is C31H28N6. The zero-order valence-electron chi connectivity index (χ0n) is 20.8. The molecule has 6 heteroatoms. The molecule has 0 unspecified atom stereocenters. The van der Waals surface area contributed by atoms with Crippen molar-refractivity contribution >= 4 is 11.6 Å². The van der Waals surface area contributed by atoms with Crippen molar-refractivity contribution in [1.29, 1.82) is 0 Å². The Balaban J connectivity index is 1.35. The molecule has 1 aliphatic heterocycles. The van der Waals surface area contributed by atoms with Crippen molar-refractivity contribution in [1.82, 2.24) is 19.9 Å². The fraction of sp³-hybridized carbons (Fsp3) is 0.161. The van der Waals surface area contributed by atoms with Gasteiger partial charge in [0.05, 0.1) is 5.69 Å². The highest BCUT2D eigenvalue weighted by Crippen LogP contribution is 2.29. The first-order valence-electron chi connectivity index (χ1n) is 12.6. The van der Waals surface area contributed by atoms with Gasteiger partial charge in [-0.15, -0.1) is 0 Å². The highest BCUT2D eigenvalue weighted by Gasteiger charge is 2.21. The van der Waals surface area contributed by atoms with E-state index in [1.165, 1.54) is 5.56 Å². The number of piperazine rings is 1. The lowest BCUT2D eigenvalue weighted by molar-refractivity contribution is 0.641. The minimum Gasteiger partial charge on any atom is -0.353 e. The molecule has 0 spiro atoms. The second kappa shape index (κ2) is 10.2. The van der Waals surface area contributed by atoms with Gasteiger partial charge in [-0.1, -0.05) is 66.2 Å². The van der Waals surface area contributed by atoms with E-state index in [9.17, 15) is 0 Å². The van der Waals surface area contributed by atoms with Gasteiger partial charge < -0.3 is 9.80 Å². The lowest BCUT2D eigenvalue weighted by Gasteiger charge is -2.36. The Morgan fingerprint density at radius 2 is 1.30 bits per heavy atom. The summed E-state index contributed by atoms with van der Waals surface area (Å²) in [7, 11) is 0. The standard InChI is InChI=1S/C31H28N6/c1-23-10-12-24(13-11-23)26-19-27(22-32-21-26)28-20-30(35-31(34-28)25-7-3-2-4-8-25)37-17-15-36(16-18-37)29-9-5-6-14-33-29/h2-14,19-22H,15-18H2,1H3. The monoisotopic (exact) mass is 484 g/mol. The van der Waals surface area contributed by atoms with Crippen LogP contribution in [0.2, 0.25) is 0 Å². The van der Waals surface area contributed by atoms with Crippen LogP contribution in [0.1, 0.15) is 5.56 Å². The van der Waals surface area contributed by atoms with Crippen molar-refractivity contribution in [3.63, 3.8) is 0 Å². The molecule has 0 aliphatic carbocycles. The molecule has 4 heterocycles. The van der Waals surface area contributed by atoms with Crippen molar-refractivity contribution in [3.05, 3.63) is 109 Å². The maximum Gasteiger partial charge on any atom is 0.162 e. The second-order valence-electron chi connectivity index (χ2n) is 9.29. The number of aryl methyl sites for hydroxylation is 1. The first-order chi connectivity index (χ1) is 18.2. The first kappa shape index (κ1) is 22.9. The van der Waals surface area contributed by atoms with Gasteiger partial charge in [0, 0.05) is 67.5 Å². The Kier molecular flexibility index (Phi) is 6.29. The van der Waals surface area contributed by atoms with Crippen molar-refractivity contribution in [2.75, 3.05) is 36.0 Å². The summed E-state index contributed by atoms with van der Waals surface area (Å²) in [5.74, 6) is 2.68. The molecule has 3 aromatic heterocycles. The number of hydrogen-bond acceptors (Lipinski definition) is 6. The van der Waals surface area contributed by atoms with Gasteiger partial charge in [-0.3, -0.25) is 4.98 Å². The van der Waals surface area contributed by atoms with E-state index in [0.717, 1.165) is 71.6 Å². The Morgan fingerprint density at radius 1 is 0.595 bits per heavy atom. The number of nitrogens with zero attached hydrogens (tertiary/aromatic N) is 6. The Hall–Kier alpha value is -4.58. The van der Waals surface area contributed by atoms with Gasteiger partial charge in [-0.2, -0.15) is 0 Å². The zero-order valence-corrected chi connectivity index (χ0v) is 20.8. The maximum absolute atomic E-state index is 5.00. The molecule has 0 atom stereocenters. The van der Waals surface area contributed by atoms with Gasteiger partial charge in [0.1, 0.15) is 11.6 Å². The molecule has 1 saturated heterocycles. The van der Waals surface area contributed by atoms with E-state index in [-0.39, 0.29) is 0 Å². The number of rotatable bonds is 5. The summed E-state index contributed by atoms with van der Waals surface area (Å²) in [6, 6.07) is 29.0. The molecule has 182 valence electrons. The van der Waals surface area contributed by atoms with E-state index >= 15 is 0 Å². The van der Waals surface area contributed by atoms with Crippen molar-refractivity contribution in [3.8, 4) is 33.8 Å². The summed E-state index contributed by atoms with van der Waals surface area (Å²) in [5, 5.41) is 0. The fourth-order valence-electron chi connectivity index (χ4n) is 4.65. The summed E-state index contributed by atoms with van der Waals surface area (Å²) in [6.45, 7) is 5.61. The average molecular weight is 485 g/mol. The van der Waals surface area contributed by atoms with Crippen LogP contribution in [0, 0.1) is 6.92 Å². The van der Waals surface area contributed by atoms with Gasteiger partial charge in [0.2, 0.25) is 0 Å². The van der Waals surface area contributed by atoms with Gasteiger partial charge in [-0.05, 0) is 30.7 Å². The van der Waals surface area contributed by atoms with Crippen molar-refractivity contribution < 1.29 is 0 Å². The molecule has 1 aliphatic rings. The third kappa shape index (κ3) is 5.05. The molecule has 37 heavy (non-hydrogen) atoms. The fourth-order valence-corrected chi connectivity index (χ4v) is 4.65. The van der Waals surface area contributed by atoms with E-state index in [1.54, 1.807) is 0 Å². The van der Waals surface area contributed by atoms with Crippen LogP contribution < -0.4 is 9.80 Å². The van der Waals surface area contributed by atoms with Crippen molar-refractivity contribution in [2.24, 2.45) is 0 Å². The van der Waals surface area contributed by atoms with Crippen LogP contribution in [-0.2, 0) is 0 Å². The maximum atomic E-state index is 5.00. The second-order valence-corrected chi connectivity index (χ2v) is 9.29. The zero-order chi connectivity index (χ0) is 25.0. The SMILES string of the molecule is Cc1ccc(-c2cncc(-c3cc(N4CCN(c5ccccn5)CC4)nc(-c4ccccc4)n3)c2)cc1. The lowest BCUT2D eigenvalue weighted by Crippen LogP contribution is -2.47. The number of hydrogen-bond donors (Lipinski definition) is 0. The number of aromatic nitrogens is 4. The van der Waals surface area contributed by atoms with E-state index < -0.39 is 0 Å². The van der Waals surface area contributed by atoms with Crippen molar-refractivity contribution in [2.45, 2.75) is 6.92 Å². The summed E-state index contributed by atoms with van der Waals surface area (Å²) in [4.78, 5) is 23.7. The Bertz CT molecular complexity index is 1480. The third-order valence-electron chi connectivity index (χ3n) is 6.74. The normalized spacial score (nSPS) is 13.5. The molecule has 0 N–H and O–H groups in total. The summed E-state index contributed by atoms with van der Waals surface area (Å²) in [6.07, 6.45) is 5.64. The molecule has 0 radical (unpaired) electrons. The van der Waals surface area contributed by atoms with Crippen LogP contribution in [0.3, 0.4) is 0 Å². The minimum absolute atomic E-state index is 0.723.